The first-order chi connectivity index (χ1) is 7.52. The smallest absolute Gasteiger partial charge is 0.188 e. The first-order valence-electron chi connectivity index (χ1n) is 4.66. The van der Waals surface area contributed by atoms with Gasteiger partial charge in [0.25, 0.3) is 0 Å². The summed E-state index contributed by atoms with van der Waals surface area (Å²) in [5.74, 6) is 3.63. The number of rotatable bonds is 3. The van der Waals surface area contributed by atoms with Crippen LogP contribution in [0, 0.1) is 11.5 Å². The van der Waals surface area contributed by atoms with Gasteiger partial charge < -0.3 is 0 Å². The Balaban J connectivity index is 2.41. The number of hydrogen-bond donors (Lipinski definition) is 1. The molecule has 6 heteroatoms. The van der Waals surface area contributed by atoms with E-state index in [0.717, 1.165) is 18.4 Å². The predicted molar refractivity (Wildman–Crippen MR) is 64.2 cm³/mol. The number of halogens is 1. The fourth-order valence-electron chi connectivity index (χ4n) is 1.74. The van der Waals surface area contributed by atoms with Crippen LogP contribution in [0.15, 0.2) is 18.3 Å². The number of nitriles is 1. The van der Waals surface area contributed by atoms with Gasteiger partial charge in [0, 0.05) is 6.20 Å². The van der Waals surface area contributed by atoms with Gasteiger partial charge >= 0.3 is 0 Å². The van der Waals surface area contributed by atoms with Crippen LogP contribution in [0.25, 0.3) is 0 Å². The Hall–Kier alpha value is -1.25. The maximum atomic E-state index is 12.3. The molecule has 1 N–H and O–H groups in total. The molecule has 1 saturated carbocycles. The van der Waals surface area contributed by atoms with Crippen molar-refractivity contribution >= 4 is 27.2 Å². The lowest BCUT2D eigenvalue weighted by molar-refractivity contribution is 0.665. The molecular weight excluding hydrogens is 246 g/mol. The highest BCUT2D eigenvalue weighted by atomic mass is 35.5. The number of nitrogens with one attached hydrogen (secondary N) is 1. The van der Waals surface area contributed by atoms with Gasteiger partial charge in [-0.25, -0.2) is 13.9 Å². The second-order valence-corrected chi connectivity index (χ2v) is 6.48. The minimum Gasteiger partial charge on any atom is -0.249 e. The SMILES string of the molecule is C=S(=O)(NC#N)C1(c2ccc(Cl)nc2)CC1. The molecule has 1 aromatic rings. The van der Waals surface area contributed by atoms with E-state index >= 15 is 0 Å². The van der Waals surface area contributed by atoms with E-state index in [4.69, 9.17) is 16.9 Å². The summed E-state index contributed by atoms with van der Waals surface area (Å²) in [5, 5.41) is 8.96. The molecule has 0 bridgehead atoms. The number of nitrogens with zero attached hydrogens (tertiary/aromatic N) is 2. The van der Waals surface area contributed by atoms with Gasteiger partial charge in [-0.1, -0.05) is 17.7 Å². The second-order valence-electron chi connectivity index (χ2n) is 3.75. The molecule has 0 aromatic carbocycles. The van der Waals surface area contributed by atoms with Crippen LogP contribution >= 0.6 is 11.6 Å². The van der Waals surface area contributed by atoms with Crippen molar-refractivity contribution in [1.29, 1.82) is 5.26 Å². The maximum absolute atomic E-state index is 12.3. The Morgan fingerprint density at radius 1 is 1.62 bits per heavy atom. The Morgan fingerprint density at radius 2 is 2.31 bits per heavy atom. The lowest BCUT2D eigenvalue weighted by Gasteiger charge is -2.19. The Bertz CT molecular complexity index is 540. The first-order valence-corrected chi connectivity index (χ1v) is 6.77. The molecule has 1 aromatic heterocycles. The molecule has 1 fully saturated rings. The highest BCUT2D eigenvalue weighted by Crippen LogP contribution is 2.52. The van der Waals surface area contributed by atoms with E-state index in [1.165, 1.54) is 0 Å². The molecule has 4 nitrogen and oxygen atoms in total. The topological polar surface area (TPSA) is 65.8 Å². The van der Waals surface area contributed by atoms with E-state index in [2.05, 4.69) is 15.6 Å². The number of pyridine rings is 1. The molecule has 1 unspecified atom stereocenters. The molecule has 84 valence electrons. The lowest BCUT2D eigenvalue weighted by atomic mass is 10.2. The van der Waals surface area contributed by atoms with E-state index in [9.17, 15) is 4.21 Å². The third kappa shape index (κ3) is 1.64. The van der Waals surface area contributed by atoms with E-state index < -0.39 is 14.5 Å². The molecule has 16 heavy (non-hydrogen) atoms. The Kier molecular flexibility index (Phi) is 2.56. The van der Waals surface area contributed by atoms with Crippen molar-refractivity contribution < 1.29 is 4.21 Å². The van der Waals surface area contributed by atoms with Crippen molar-refractivity contribution in [2.75, 3.05) is 0 Å². The van der Waals surface area contributed by atoms with Crippen molar-refractivity contribution in [2.24, 2.45) is 0 Å². The molecule has 1 aliphatic rings. The zero-order valence-corrected chi connectivity index (χ0v) is 10.0. The highest BCUT2D eigenvalue weighted by molar-refractivity contribution is 7.99. The summed E-state index contributed by atoms with van der Waals surface area (Å²) in [6, 6.07) is 3.44. The molecule has 0 saturated heterocycles. The van der Waals surface area contributed by atoms with Crippen molar-refractivity contribution in [2.45, 2.75) is 17.6 Å². The van der Waals surface area contributed by atoms with Crippen LogP contribution in [0.2, 0.25) is 5.15 Å². The van der Waals surface area contributed by atoms with Gasteiger partial charge in [-0.2, -0.15) is 5.26 Å². The molecule has 0 radical (unpaired) electrons. The summed E-state index contributed by atoms with van der Waals surface area (Å²) < 4.78 is 14.0. The van der Waals surface area contributed by atoms with Crippen LogP contribution in [0.4, 0.5) is 0 Å². The van der Waals surface area contributed by atoms with Crippen molar-refractivity contribution in [3.8, 4) is 6.19 Å². The summed E-state index contributed by atoms with van der Waals surface area (Å²) in [6.45, 7) is 0. The van der Waals surface area contributed by atoms with Crippen LogP contribution in [-0.2, 0) is 14.5 Å². The Labute approximate surface area is 99.4 Å². The molecule has 0 amide bonds. The zero-order valence-electron chi connectivity index (χ0n) is 8.44. The van der Waals surface area contributed by atoms with Gasteiger partial charge in [0.05, 0.1) is 14.5 Å². The lowest BCUT2D eigenvalue weighted by Crippen LogP contribution is -2.31. The van der Waals surface area contributed by atoms with Crippen LogP contribution in [0.5, 0.6) is 0 Å². The largest absolute Gasteiger partial charge is 0.249 e. The fraction of sp³-hybridized carbons (Fsp3) is 0.300. The van der Waals surface area contributed by atoms with Crippen LogP contribution in [-0.4, -0.2) is 15.1 Å². The summed E-state index contributed by atoms with van der Waals surface area (Å²) in [5.41, 5.74) is 0.819. The van der Waals surface area contributed by atoms with Gasteiger partial charge in [-0.3, -0.25) is 0 Å². The minimum atomic E-state index is -2.66. The maximum Gasteiger partial charge on any atom is 0.188 e. The van der Waals surface area contributed by atoms with E-state index in [1.807, 2.05) is 0 Å². The molecule has 1 heterocycles. The summed E-state index contributed by atoms with van der Waals surface area (Å²) in [6.07, 6.45) is 4.78. The standard InChI is InChI=1S/C10H10ClN3OS/c1-16(15,14-7-12)10(4-5-10)8-2-3-9(11)13-6-8/h2-3,6H,1,4-5H2,(H,14,15). The summed E-state index contributed by atoms with van der Waals surface area (Å²) in [7, 11) is -2.66. The molecule has 0 spiro atoms. The monoisotopic (exact) mass is 255 g/mol. The van der Waals surface area contributed by atoms with Crippen molar-refractivity contribution in [3.63, 3.8) is 0 Å². The quantitative estimate of drug-likeness (QED) is 0.385. The molecule has 1 atom stereocenters. The van der Waals surface area contributed by atoms with Crippen molar-refractivity contribution in [1.82, 2.24) is 9.71 Å². The first kappa shape index (κ1) is 11.2. The number of aromatic nitrogens is 1. The predicted octanol–water partition coefficient (Wildman–Crippen LogP) is 1.43. The summed E-state index contributed by atoms with van der Waals surface area (Å²) >= 11 is 5.69. The van der Waals surface area contributed by atoms with E-state index in [0.29, 0.717) is 5.15 Å². The van der Waals surface area contributed by atoms with Crippen LogP contribution in [0.1, 0.15) is 18.4 Å². The highest BCUT2D eigenvalue weighted by Gasteiger charge is 2.52. The third-order valence-electron chi connectivity index (χ3n) is 2.80. The third-order valence-corrected chi connectivity index (χ3v) is 5.35. The van der Waals surface area contributed by atoms with E-state index in [-0.39, 0.29) is 0 Å². The van der Waals surface area contributed by atoms with Gasteiger partial charge in [-0.15, -0.1) is 0 Å². The normalized spacial score (nSPS) is 20.5. The average Bonchev–Trinajstić information content (AvgIpc) is 3.00. The van der Waals surface area contributed by atoms with Crippen molar-refractivity contribution in [3.05, 3.63) is 29.0 Å². The summed E-state index contributed by atoms with van der Waals surface area (Å²) in [4.78, 5) is 3.96. The fourth-order valence-corrected chi connectivity index (χ4v) is 3.46. The second kappa shape index (κ2) is 3.65. The average molecular weight is 256 g/mol. The van der Waals surface area contributed by atoms with Gasteiger partial charge in [0.2, 0.25) is 0 Å². The van der Waals surface area contributed by atoms with Crippen LogP contribution < -0.4 is 4.72 Å². The zero-order chi connectivity index (χ0) is 11.8. The van der Waals surface area contributed by atoms with Gasteiger partial charge in [-0.05, 0) is 30.3 Å². The molecular formula is C10H10ClN3OS. The number of hydrogen-bond acceptors (Lipinski definition) is 3. The van der Waals surface area contributed by atoms with E-state index in [1.54, 1.807) is 24.5 Å². The molecule has 0 aliphatic heterocycles. The Morgan fingerprint density at radius 3 is 2.75 bits per heavy atom. The molecule has 2 rings (SSSR count). The van der Waals surface area contributed by atoms with Gasteiger partial charge in [0.15, 0.2) is 6.19 Å². The van der Waals surface area contributed by atoms with Crippen LogP contribution in [0.3, 0.4) is 0 Å². The molecule has 1 aliphatic carbocycles. The minimum absolute atomic E-state index is 0.392. The van der Waals surface area contributed by atoms with Gasteiger partial charge in [0.1, 0.15) is 5.15 Å².